The number of benzene rings is 1. The third kappa shape index (κ3) is 2.51. The fourth-order valence-electron chi connectivity index (χ4n) is 1.52. The standard InChI is InChI=1S/C12H12BrNOS/c1-8-6-9(13)2-3-11(8)12-14-7-10(16-12)4-5-15/h2-3,6-7,15H,4-5H2,1H3. The Morgan fingerprint density at radius 3 is 2.94 bits per heavy atom. The van der Waals surface area contributed by atoms with Crippen LogP contribution in [0.2, 0.25) is 0 Å². The number of thiazole rings is 1. The van der Waals surface area contributed by atoms with Gasteiger partial charge in [0.1, 0.15) is 5.01 Å². The summed E-state index contributed by atoms with van der Waals surface area (Å²) in [6.45, 7) is 2.26. The Morgan fingerprint density at radius 2 is 2.25 bits per heavy atom. The Labute approximate surface area is 107 Å². The van der Waals surface area contributed by atoms with E-state index in [1.165, 1.54) is 5.56 Å². The molecule has 2 nitrogen and oxygen atoms in total. The van der Waals surface area contributed by atoms with Crippen LogP contribution in [0.4, 0.5) is 0 Å². The van der Waals surface area contributed by atoms with Crippen LogP contribution in [0.25, 0.3) is 10.6 Å². The van der Waals surface area contributed by atoms with E-state index in [0.717, 1.165) is 19.9 Å². The molecule has 16 heavy (non-hydrogen) atoms. The molecule has 0 spiro atoms. The summed E-state index contributed by atoms with van der Waals surface area (Å²) in [5, 5.41) is 9.88. The molecule has 0 saturated carbocycles. The number of aliphatic hydroxyl groups is 1. The molecule has 4 heteroatoms. The molecule has 2 aromatic rings. The molecule has 84 valence electrons. The third-order valence-electron chi connectivity index (χ3n) is 2.33. The van der Waals surface area contributed by atoms with Gasteiger partial charge in [-0.15, -0.1) is 11.3 Å². The molecular weight excluding hydrogens is 286 g/mol. The predicted octanol–water partition coefficient (Wildman–Crippen LogP) is 3.42. The van der Waals surface area contributed by atoms with Crippen LogP contribution in [0.1, 0.15) is 10.4 Å². The van der Waals surface area contributed by atoms with Gasteiger partial charge in [0.2, 0.25) is 0 Å². The van der Waals surface area contributed by atoms with Crippen LogP contribution in [0, 0.1) is 6.92 Å². The lowest BCUT2D eigenvalue weighted by Gasteiger charge is -2.02. The van der Waals surface area contributed by atoms with Crippen molar-refractivity contribution in [1.82, 2.24) is 4.98 Å². The highest BCUT2D eigenvalue weighted by Crippen LogP contribution is 2.29. The number of hydrogen-bond acceptors (Lipinski definition) is 3. The highest BCUT2D eigenvalue weighted by molar-refractivity contribution is 9.10. The van der Waals surface area contributed by atoms with Crippen molar-refractivity contribution in [2.75, 3.05) is 6.61 Å². The van der Waals surface area contributed by atoms with E-state index in [1.807, 2.05) is 12.3 Å². The average molecular weight is 298 g/mol. The van der Waals surface area contributed by atoms with E-state index in [9.17, 15) is 0 Å². The first-order chi connectivity index (χ1) is 7.70. The number of aryl methyl sites for hydroxylation is 1. The molecule has 0 atom stereocenters. The summed E-state index contributed by atoms with van der Waals surface area (Å²) in [5.41, 5.74) is 2.37. The van der Waals surface area contributed by atoms with Gasteiger partial charge in [-0.1, -0.05) is 22.0 Å². The van der Waals surface area contributed by atoms with Crippen molar-refractivity contribution in [3.8, 4) is 10.6 Å². The van der Waals surface area contributed by atoms with Gasteiger partial charge in [-0.2, -0.15) is 0 Å². The maximum atomic E-state index is 8.86. The molecule has 0 aliphatic heterocycles. The molecule has 0 radical (unpaired) electrons. The maximum Gasteiger partial charge on any atom is 0.123 e. The molecule has 0 fully saturated rings. The number of halogens is 1. The zero-order valence-electron chi connectivity index (χ0n) is 8.90. The van der Waals surface area contributed by atoms with E-state index in [4.69, 9.17) is 5.11 Å². The summed E-state index contributed by atoms with van der Waals surface area (Å²) in [5.74, 6) is 0. The molecule has 0 aliphatic carbocycles. The maximum absolute atomic E-state index is 8.86. The second kappa shape index (κ2) is 5.08. The summed E-state index contributed by atoms with van der Waals surface area (Å²) < 4.78 is 1.08. The molecule has 0 unspecified atom stereocenters. The normalized spacial score (nSPS) is 10.7. The summed E-state index contributed by atoms with van der Waals surface area (Å²) in [7, 11) is 0. The van der Waals surface area contributed by atoms with Crippen molar-refractivity contribution in [1.29, 1.82) is 0 Å². The summed E-state index contributed by atoms with van der Waals surface area (Å²) in [4.78, 5) is 5.51. The number of nitrogens with zero attached hydrogens (tertiary/aromatic N) is 1. The lowest BCUT2D eigenvalue weighted by molar-refractivity contribution is 0.300. The number of rotatable bonds is 3. The minimum Gasteiger partial charge on any atom is -0.396 e. The third-order valence-corrected chi connectivity index (χ3v) is 3.91. The molecule has 2 rings (SSSR count). The van der Waals surface area contributed by atoms with E-state index in [-0.39, 0.29) is 6.61 Å². The quantitative estimate of drug-likeness (QED) is 0.942. The first-order valence-corrected chi connectivity index (χ1v) is 6.64. The van der Waals surface area contributed by atoms with Gasteiger partial charge >= 0.3 is 0 Å². The van der Waals surface area contributed by atoms with Crippen molar-refractivity contribution >= 4 is 27.3 Å². The molecular formula is C12H12BrNOS. The van der Waals surface area contributed by atoms with Crippen LogP contribution in [-0.4, -0.2) is 16.7 Å². The van der Waals surface area contributed by atoms with Crippen LogP contribution in [0.3, 0.4) is 0 Å². The first-order valence-electron chi connectivity index (χ1n) is 5.03. The van der Waals surface area contributed by atoms with Crippen molar-refractivity contribution < 1.29 is 5.11 Å². The van der Waals surface area contributed by atoms with Gasteiger partial charge < -0.3 is 5.11 Å². The number of aliphatic hydroxyl groups excluding tert-OH is 1. The van der Waals surface area contributed by atoms with Crippen LogP contribution in [0.5, 0.6) is 0 Å². The van der Waals surface area contributed by atoms with Crippen molar-refractivity contribution in [3.63, 3.8) is 0 Å². The summed E-state index contributed by atoms with van der Waals surface area (Å²) in [6, 6.07) is 6.18. The van der Waals surface area contributed by atoms with E-state index >= 15 is 0 Å². The number of aromatic nitrogens is 1. The molecule has 1 aromatic carbocycles. The molecule has 0 saturated heterocycles. The topological polar surface area (TPSA) is 33.1 Å². The van der Waals surface area contributed by atoms with Crippen LogP contribution in [-0.2, 0) is 6.42 Å². The lowest BCUT2D eigenvalue weighted by atomic mass is 10.1. The van der Waals surface area contributed by atoms with Crippen molar-refractivity contribution in [2.24, 2.45) is 0 Å². The largest absolute Gasteiger partial charge is 0.396 e. The minimum atomic E-state index is 0.182. The summed E-state index contributed by atoms with van der Waals surface area (Å²) >= 11 is 5.09. The molecule has 1 heterocycles. The van der Waals surface area contributed by atoms with E-state index in [2.05, 4.69) is 40.0 Å². The van der Waals surface area contributed by atoms with Gasteiger partial charge in [-0.05, 0) is 24.6 Å². The average Bonchev–Trinajstić information content (AvgIpc) is 2.67. The van der Waals surface area contributed by atoms with Gasteiger partial charge in [0.25, 0.3) is 0 Å². The van der Waals surface area contributed by atoms with Gasteiger partial charge in [0, 0.05) is 34.1 Å². The fourth-order valence-corrected chi connectivity index (χ4v) is 2.99. The molecule has 0 aliphatic rings. The highest BCUT2D eigenvalue weighted by Gasteiger charge is 2.07. The molecule has 0 bridgehead atoms. The summed E-state index contributed by atoms with van der Waals surface area (Å²) in [6.07, 6.45) is 2.53. The van der Waals surface area contributed by atoms with Crippen LogP contribution < -0.4 is 0 Å². The number of hydrogen-bond donors (Lipinski definition) is 1. The Kier molecular flexibility index (Phi) is 3.74. The first kappa shape index (κ1) is 11.8. The monoisotopic (exact) mass is 297 g/mol. The van der Waals surface area contributed by atoms with Gasteiger partial charge in [-0.3, -0.25) is 0 Å². The molecule has 0 amide bonds. The van der Waals surface area contributed by atoms with Crippen molar-refractivity contribution in [3.05, 3.63) is 39.3 Å². The van der Waals surface area contributed by atoms with Gasteiger partial charge in [0.05, 0.1) is 0 Å². The zero-order valence-corrected chi connectivity index (χ0v) is 11.3. The molecule has 1 aromatic heterocycles. The Morgan fingerprint density at radius 1 is 1.44 bits per heavy atom. The van der Waals surface area contributed by atoms with E-state index in [0.29, 0.717) is 6.42 Å². The second-order valence-electron chi connectivity index (χ2n) is 3.56. The van der Waals surface area contributed by atoms with Crippen LogP contribution in [0.15, 0.2) is 28.9 Å². The van der Waals surface area contributed by atoms with E-state index in [1.54, 1.807) is 11.3 Å². The zero-order chi connectivity index (χ0) is 11.5. The van der Waals surface area contributed by atoms with Gasteiger partial charge in [0.15, 0.2) is 0 Å². The van der Waals surface area contributed by atoms with Crippen LogP contribution >= 0.6 is 27.3 Å². The van der Waals surface area contributed by atoms with Gasteiger partial charge in [-0.25, -0.2) is 4.98 Å². The molecule has 1 N–H and O–H groups in total. The fraction of sp³-hybridized carbons (Fsp3) is 0.250. The smallest absolute Gasteiger partial charge is 0.123 e. The minimum absolute atomic E-state index is 0.182. The SMILES string of the molecule is Cc1cc(Br)ccc1-c1ncc(CCO)s1. The predicted molar refractivity (Wildman–Crippen MR) is 70.8 cm³/mol. The second-order valence-corrected chi connectivity index (χ2v) is 5.60. The Bertz CT molecular complexity index is 496. The lowest BCUT2D eigenvalue weighted by Crippen LogP contribution is -1.84. The van der Waals surface area contributed by atoms with E-state index < -0.39 is 0 Å². The Hall–Kier alpha value is -0.710. The Balaban J connectivity index is 2.35. The van der Waals surface area contributed by atoms with Crippen molar-refractivity contribution in [2.45, 2.75) is 13.3 Å². The highest BCUT2D eigenvalue weighted by atomic mass is 79.9.